The summed E-state index contributed by atoms with van der Waals surface area (Å²) in [5.74, 6) is 2.29. The average molecular weight is 559 g/mol. The monoisotopic (exact) mass is 558 g/mol. The van der Waals surface area contributed by atoms with Crippen LogP contribution in [0.4, 0.5) is 0 Å². The van der Waals surface area contributed by atoms with Crippen LogP contribution in [0.25, 0.3) is 0 Å². The van der Waals surface area contributed by atoms with Gasteiger partial charge in [0.2, 0.25) is 5.91 Å². The highest BCUT2D eigenvalue weighted by Crippen LogP contribution is 2.60. The number of carbonyl (C=O) groups is 1. The van der Waals surface area contributed by atoms with Gasteiger partial charge < -0.3 is 20.3 Å². The Hall–Kier alpha value is -1.000. The number of hydrogen-bond donors (Lipinski definition) is 2. The molecule has 1 aliphatic heterocycles. The molecule has 0 aromatic heterocycles. The molecule has 0 bridgehead atoms. The zero-order valence-corrected chi connectivity index (χ0v) is 21.7. The molecule has 1 aromatic rings. The molecular formula is C23H35IN4O2S. The highest BCUT2D eigenvalue weighted by atomic mass is 127. The first-order valence-corrected chi connectivity index (χ1v) is 12.1. The van der Waals surface area contributed by atoms with Gasteiger partial charge in [0.1, 0.15) is 6.54 Å². The third-order valence-electron chi connectivity index (χ3n) is 6.86. The highest BCUT2D eigenvalue weighted by molar-refractivity contribution is 14.0. The minimum Gasteiger partial charge on any atom is -0.377 e. The topological polar surface area (TPSA) is 66.0 Å². The van der Waals surface area contributed by atoms with Crippen LogP contribution in [0.15, 0.2) is 40.2 Å². The van der Waals surface area contributed by atoms with Crippen LogP contribution in [0.5, 0.6) is 0 Å². The van der Waals surface area contributed by atoms with Crippen LogP contribution in [0.2, 0.25) is 0 Å². The number of rotatable bonds is 7. The fraction of sp³-hybridized carbons (Fsp3) is 0.652. The van der Waals surface area contributed by atoms with Crippen molar-refractivity contribution in [1.82, 2.24) is 15.5 Å². The van der Waals surface area contributed by atoms with E-state index >= 15 is 0 Å². The molecule has 0 radical (unpaired) electrons. The molecule has 1 aromatic carbocycles. The summed E-state index contributed by atoms with van der Waals surface area (Å²) in [5, 5.41) is 7.21. The van der Waals surface area contributed by atoms with Gasteiger partial charge >= 0.3 is 0 Å². The molecule has 3 aliphatic rings. The standard InChI is InChI=1S/C23H34N4O2S.HI/c1-27(2)19(28)16-25-22(24-13-15-30-17-8-4-3-5-9-17)26-20-18-10-14-29-21(18)23(20)11-6-7-12-23;/h3-5,8-9,18,20-21H,6-7,10-16H2,1-2H3,(H2,24,25,26);1H. The molecule has 1 saturated heterocycles. The van der Waals surface area contributed by atoms with E-state index in [2.05, 4.69) is 39.9 Å². The van der Waals surface area contributed by atoms with Crippen LogP contribution >= 0.6 is 35.7 Å². The zero-order chi connectivity index (χ0) is 21.0. The number of aliphatic imine (C=N–C) groups is 1. The lowest BCUT2D eigenvalue weighted by Crippen LogP contribution is -2.69. The van der Waals surface area contributed by atoms with Gasteiger partial charge in [-0.3, -0.25) is 4.79 Å². The highest BCUT2D eigenvalue weighted by Gasteiger charge is 2.65. The Balaban J connectivity index is 0.00000272. The largest absolute Gasteiger partial charge is 0.377 e. The summed E-state index contributed by atoms with van der Waals surface area (Å²) in [6.07, 6.45) is 6.59. The first kappa shape index (κ1) is 24.6. The summed E-state index contributed by atoms with van der Waals surface area (Å²) < 4.78 is 6.11. The first-order chi connectivity index (χ1) is 14.6. The number of likely N-dealkylation sites (N-methyl/N-ethyl adjacent to an activating group) is 1. The number of nitrogens with one attached hydrogen (secondary N) is 2. The van der Waals surface area contributed by atoms with Crippen molar-refractivity contribution in [2.24, 2.45) is 16.3 Å². The Morgan fingerprint density at radius 1 is 1.26 bits per heavy atom. The lowest BCUT2D eigenvalue weighted by atomic mass is 9.54. The van der Waals surface area contributed by atoms with Gasteiger partial charge in [0.05, 0.1) is 6.10 Å². The molecule has 1 spiro atoms. The predicted molar refractivity (Wildman–Crippen MR) is 137 cm³/mol. The molecule has 2 aliphatic carbocycles. The molecule has 4 rings (SSSR count). The van der Waals surface area contributed by atoms with Crippen molar-refractivity contribution >= 4 is 47.6 Å². The maximum atomic E-state index is 12.1. The molecule has 3 fully saturated rings. The van der Waals surface area contributed by atoms with Crippen LogP contribution in [0.1, 0.15) is 32.1 Å². The number of ether oxygens (including phenoxy) is 1. The molecule has 3 atom stereocenters. The van der Waals surface area contributed by atoms with E-state index in [0.29, 0.717) is 18.1 Å². The number of amides is 1. The van der Waals surface area contributed by atoms with Gasteiger partial charge in [-0.25, -0.2) is 4.99 Å². The van der Waals surface area contributed by atoms with Crippen molar-refractivity contribution in [2.75, 3.05) is 39.5 Å². The van der Waals surface area contributed by atoms with Crippen molar-refractivity contribution in [3.05, 3.63) is 30.3 Å². The van der Waals surface area contributed by atoms with Crippen molar-refractivity contribution in [3.63, 3.8) is 0 Å². The lowest BCUT2D eigenvalue weighted by Gasteiger charge is -2.57. The van der Waals surface area contributed by atoms with Crippen LogP contribution < -0.4 is 10.6 Å². The van der Waals surface area contributed by atoms with Crippen molar-refractivity contribution < 1.29 is 9.53 Å². The second-order valence-electron chi connectivity index (χ2n) is 8.85. The number of guanidine groups is 1. The normalized spacial score (nSPS) is 26.0. The maximum Gasteiger partial charge on any atom is 0.243 e. The molecular weight excluding hydrogens is 523 g/mol. The molecule has 2 N–H and O–H groups in total. The van der Waals surface area contributed by atoms with E-state index in [1.807, 2.05) is 17.8 Å². The summed E-state index contributed by atoms with van der Waals surface area (Å²) in [6, 6.07) is 10.8. The fourth-order valence-corrected chi connectivity index (χ4v) is 6.14. The van der Waals surface area contributed by atoms with Gasteiger partial charge in [-0.05, 0) is 31.4 Å². The molecule has 31 heavy (non-hydrogen) atoms. The maximum absolute atomic E-state index is 12.1. The molecule has 172 valence electrons. The van der Waals surface area contributed by atoms with Crippen LogP contribution in [0.3, 0.4) is 0 Å². The van der Waals surface area contributed by atoms with Crippen molar-refractivity contribution in [2.45, 2.75) is 49.1 Å². The predicted octanol–water partition coefficient (Wildman–Crippen LogP) is 3.37. The number of hydrogen-bond acceptors (Lipinski definition) is 4. The summed E-state index contributed by atoms with van der Waals surface area (Å²) in [5.41, 5.74) is 0.258. The summed E-state index contributed by atoms with van der Waals surface area (Å²) in [4.78, 5) is 19.6. The Labute approximate surface area is 207 Å². The molecule has 1 amide bonds. The van der Waals surface area contributed by atoms with Gasteiger partial charge in [0.25, 0.3) is 0 Å². The second kappa shape index (κ2) is 11.2. The minimum atomic E-state index is 0. The second-order valence-corrected chi connectivity index (χ2v) is 10.0. The quantitative estimate of drug-likeness (QED) is 0.177. The van der Waals surface area contributed by atoms with Crippen molar-refractivity contribution in [3.8, 4) is 0 Å². The van der Waals surface area contributed by atoms with E-state index in [9.17, 15) is 4.79 Å². The zero-order valence-electron chi connectivity index (χ0n) is 18.5. The van der Waals surface area contributed by atoms with E-state index in [0.717, 1.165) is 31.3 Å². The van der Waals surface area contributed by atoms with Gasteiger partial charge in [-0.1, -0.05) is 31.0 Å². The van der Waals surface area contributed by atoms with E-state index < -0.39 is 0 Å². The lowest BCUT2D eigenvalue weighted by molar-refractivity contribution is -0.127. The van der Waals surface area contributed by atoms with E-state index in [1.54, 1.807) is 19.0 Å². The Bertz CT molecular complexity index is 755. The Morgan fingerprint density at radius 3 is 2.71 bits per heavy atom. The van der Waals surface area contributed by atoms with E-state index in [1.165, 1.54) is 30.6 Å². The number of thioether (sulfide) groups is 1. The van der Waals surface area contributed by atoms with Gasteiger partial charge in [0.15, 0.2) is 5.96 Å². The minimum absolute atomic E-state index is 0. The first-order valence-electron chi connectivity index (χ1n) is 11.1. The number of fused-ring (bicyclic) bond motifs is 2. The van der Waals surface area contributed by atoms with Crippen LogP contribution in [-0.2, 0) is 9.53 Å². The molecule has 1 heterocycles. The summed E-state index contributed by atoms with van der Waals surface area (Å²) in [7, 11) is 3.55. The SMILES string of the molecule is CN(C)C(=O)CN=C(NCCSc1ccccc1)NC1C2CCOC2C12CCCC2.I. The third kappa shape index (κ3) is 5.50. The summed E-state index contributed by atoms with van der Waals surface area (Å²) >= 11 is 1.82. The number of benzene rings is 1. The van der Waals surface area contributed by atoms with E-state index in [-0.39, 0.29) is 41.8 Å². The summed E-state index contributed by atoms with van der Waals surface area (Å²) in [6.45, 7) is 1.84. The number of halogens is 1. The molecule has 6 nitrogen and oxygen atoms in total. The van der Waals surface area contributed by atoms with E-state index in [4.69, 9.17) is 4.74 Å². The Morgan fingerprint density at radius 2 is 2.00 bits per heavy atom. The molecule has 8 heteroatoms. The molecule has 3 unspecified atom stereocenters. The van der Waals surface area contributed by atoms with Gasteiger partial charge in [-0.15, -0.1) is 35.7 Å². The number of nitrogens with zero attached hydrogens (tertiary/aromatic N) is 2. The number of carbonyl (C=O) groups excluding carboxylic acids is 1. The fourth-order valence-electron chi connectivity index (χ4n) is 5.35. The van der Waals surface area contributed by atoms with Gasteiger partial charge in [-0.2, -0.15) is 0 Å². The van der Waals surface area contributed by atoms with Gasteiger partial charge in [0, 0.05) is 55.3 Å². The van der Waals surface area contributed by atoms with Crippen LogP contribution in [-0.4, -0.2) is 68.5 Å². The molecule has 2 saturated carbocycles. The average Bonchev–Trinajstić information content (AvgIpc) is 3.42. The third-order valence-corrected chi connectivity index (χ3v) is 7.87. The Kier molecular flexibility index (Phi) is 8.92. The van der Waals surface area contributed by atoms with Crippen LogP contribution in [0, 0.1) is 11.3 Å². The smallest absolute Gasteiger partial charge is 0.243 e. The van der Waals surface area contributed by atoms with Crippen molar-refractivity contribution in [1.29, 1.82) is 0 Å².